The van der Waals surface area contributed by atoms with Gasteiger partial charge in [0.25, 0.3) is 5.91 Å². The van der Waals surface area contributed by atoms with Gasteiger partial charge in [-0.2, -0.15) is 0 Å². The number of hydrogen-bond acceptors (Lipinski definition) is 8. The molecular weight excluding hydrogens is 500 g/mol. The molecule has 1 aliphatic heterocycles. The van der Waals surface area contributed by atoms with Gasteiger partial charge in [0.2, 0.25) is 11.0 Å². The smallest absolute Gasteiger partial charge is 0.266 e. The summed E-state index contributed by atoms with van der Waals surface area (Å²) < 4.78 is 14.1. The van der Waals surface area contributed by atoms with Gasteiger partial charge in [0.15, 0.2) is 4.34 Å². The standard InChI is InChI=1S/C22H17FN4O2S4/c1-13-3-2-4-15(9-13)12-31-21-26-25-20(33-21)24-18(28)11-27-19(29)17(32-22(27)30)10-14-5-7-16(23)8-6-14/h2-10H,11-12H2,1H3,(H,24,25,28)/b17-10-. The molecule has 1 saturated heterocycles. The molecule has 3 aromatic rings. The third kappa shape index (κ3) is 6.26. The molecule has 168 valence electrons. The molecule has 0 bridgehead atoms. The number of aromatic nitrogens is 2. The zero-order valence-corrected chi connectivity index (χ0v) is 20.5. The number of anilines is 1. The number of nitrogens with one attached hydrogen (secondary N) is 1. The third-order valence-electron chi connectivity index (χ3n) is 4.44. The Morgan fingerprint density at radius 3 is 2.79 bits per heavy atom. The summed E-state index contributed by atoms with van der Waals surface area (Å²) in [5, 5.41) is 11.2. The highest BCUT2D eigenvalue weighted by atomic mass is 32.2. The summed E-state index contributed by atoms with van der Waals surface area (Å²) in [5.41, 5.74) is 3.05. The van der Waals surface area contributed by atoms with Crippen LogP contribution >= 0.6 is 47.1 Å². The maximum atomic E-state index is 13.1. The molecule has 0 spiro atoms. The molecule has 0 radical (unpaired) electrons. The summed E-state index contributed by atoms with van der Waals surface area (Å²) in [6, 6.07) is 14.0. The number of halogens is 1. The molecule has 0 unspecified atom stereocenters. The first kappa shape index (κ1) is 23.6. The summed E-state index contributed by atoms with van der Waals surface area (Å²) in [6.45, 7) is 1.82. The summed E-state index contributed by atoms with van der Waals surface area (Å²) in [7, 11) is 0. The van der Waals surface area contributed by atoms with Gasteiger partial charge in [-0.1, -0.05) is 89.0 Å². The highest BCUT2D eigenvalue weighted by Crippen LogP contribution is 2.33. The van der Waals surface area contributed by atoms with Crippen molar-refractivity contribution in [3.63, 3.8) is 0 Å². The van der Waals surface area contributed by atoms with Crippen molar-refractivity contribution in [1.29, 1.82) is 0 Å². The number of carbonyl (C=O) groups is 2. The second kappa shape index (κ2) is 10.6. The molecular formula is C22H17FN4O2S4. The molecule has 0 atom stereocenters. The Morgan fingerprint density at radius 1 is 1.24 bits per heavy atom. The topological polar surface area (TPSA) is 75.2 Å². The van der Waals surface area contributed by atoms with E-state index in [-0.39, 0.29) is 22.6 Å². The van der Waals surface area contributed by atoms with E-state index in [2.05, 4.69) is 27.6 Å². The SMILES string of the molecule is Cc1cccc(CSc2nnc(NC(=O)CN3C(=O)/C(=C/c4ccc(F)cc4)SC3=S)s2)c1. The monoisotopic (exact) mass is 516 g/mol. The molecule has 1 fully saturated rings. The van der Waals surface area contributed by atoms with E-state index in [0.717, 1.165) is 21.9 Å². The number of rotatable bonds is 7. The van der Waals surface area contributed by atoms with Crippen molar-refractivity contribution in [2.75, 3.05) is 11.9 Å². The lowest BCUT2D eigenvalue weighted by atomic mass is 10.2. The minimum absolute atomic E-state index is 0.225. The average Bonchev–Trinajstić information content (AvgIpc) is 3.33. The summed E-state index contributed by atoms with van der Waals surface area (Å²) in [6.07, 6.45) is 1.62. The van der Waals surface area contributed by atoms with Crippen LogP contribution in [-0.2, 0) is 15.3 Å². The fourth-order valence-electron chi connectivity index (χ4n) is 2.91. The van der Waals surface area contributed by atoms with Crippen LogP contribution in [0.15, 0.2) is 57.8 Å². The second-order valence-corrected chi connectivity index (χ2v) is 10.9. The number of carbonyl (C=O) groups excluding carboxylic acids is 2. The van der Waals surface area contributed by atoms with Gasteiger partial charge >= 0.3 is 0 Å². The molecule has 1 aliphatic rings. The minimum Gasteiger partial charge on any atom is -0.299 e. The van der Waals surface area contributed by atoms with Gasteiger partial charge in [-0.3, -0.25) is 19.8 Å². The van der Waals surface area contributed by atoms with Crippen LogP contribution in [0, 0.1) is 12.7 Å². The Hall–Kier alpha value is -2.60. The van der Waals surface area contributed by atoms with Crippen LogP contribution in [0.5, 0.6) is 0 Å². The van der Waals surface area contributed by atoms with Gasteiger partial charge in [0.05, 0.1) is 4.91 Å². The highest BCUT2D eigenvalue weighted by molar-refractivity contribution is 8.26. The molecule has 0 aliphatic carbocycles. The van der Waals surface area contributed by atoms with Gasteiger partial charge in [-0.15, -0.1) is 10.2 Å². The Labute approximate surface area is 207 Å². The van der Waals surface area contributed by atoms with Crippen molar-refractivity contribution in [3.05, 3.63) is 75.9 Å². The number of thioether (sulfide) groups is 2. The average molecular weight is 517 g/mol. The van der Waals surface area contributed by atoms with E-state index in [4.69, 9.17) is 12.2 Å². The van der Waals surface area contributed by atoms with Crippen LogP contribution < -0.4 is 5.32 Å². The first-order chi connectivity index (χ1) is 15.9. The zero-order valence-electron chi connectivity index (χ0n) is 17.3. The molecule has 2 amide bonds. The van der Waals surface area contributed by atoms with Crippen molar-refractivity contribution in [3.8, 4) is 0 Å². The molecule has 1 N–H and O–H groups in total. The Morgan fingerprint density at radius 2 is 2.03 bits per heavy atom. The van der Waals surface area contributed by atoms with E-state index >= 15 is 0 Å². The summed E-state index contributed by atoms with van der Waals surface area (Å²) in [5.74, 6) is -0.386. The molecule has 0 saturated carbocycles. The molecule has 11 heteroatoms. The van der Waals surface area contributed by atoms with Crippen LogP contribution in [0.2, 0.25) is 0 Å². The van der Waals surface area contributed by atoms with Crippen LogP contribution in [0.1, 0.15) is 16.7 Å². The Bertz CT molecular complexity index is 1240. The molecule has 2 aromatic carbocycles. The van der Waals surface area contributed by atoms with Gasteiger partial charge < -0.3 is 0 Å². The molecule has 33 heavy (non-hydrogen) atoms. The summed E-state index contributed by atoms with van der Waals surface area (Å²) >= 11 is 9.19. The third-order valence-corrected chi connectivity index (χ3v) is 7.86. The number of amides is 2. The summed E-state index contributed by atoms with van der Waals surface area (Å²) in [4.78, 5) is 26.8. The number of benzene rings is 2. The number of aryl methyl sites for hydroxylation is 1. The maximum Gasteiger partial charge on any atom is 0.266 e. The molecule has 1 aromatic heterocycles. The van der Waals surface area contributed by atoms with E-state index in [9.17, 15) is 14.0 Å². The van der Waals surface area contributed by atoms with Crippen molar-refractivity contribution in [1.82, 2.24) is 15.1 Å². The maximum absolute atomic E-state index is 13.1. The normalized spacial score (nSPS) is 14.8. The van der Waals surface area contributed by atoms with Crippen LogP contribution in [0.25, 0.3) is 6.08 Å². The Balaban J connectivity index is 1.32. The lowest BCUT2D eigenvalue weighted by Crippen LogP contribution is -2.36. The minimum atomic E-state index is -0.416. The van der Waals surface area contributed by atoms with Crippen LogP contribution in [-0.4, -0.2) is 37.8 Å². The first-order valence-corrected chi connectivity index (χ1v) is 12.7. The van der Waals surface area contributed by atoms with E-state index in [1.165, 1.54) is 51.3 Å². The molecule has 2 heterocycles. The van der Waals surface area contributed by atoms with Crippen molar-refractivity contribution >= 4 is 74.4 Å². The molecule has 6 nitrogen and oxygen atoms in total. The fraction of sp³-hybridized carbons (Fsp3) is 0.136. The van der Waals surface area contributed by atoms with Gasteiger partial charge in [0.1, 0.15) is 16.7 Å². The molecule has 4 rings (SSSR count). The van der Waals surface area contributed by atoms with Crippen molar-refractivity contribution in [2.24, 2.45) is 0 Å². The highest BCUT2D eigenvalue weighted by Gasteiger charge is 2.33. The van der Waals surface area contributed by atoms with Gasteiger partial charge in [-0.05, 0) is 36.3 Å². The predicted octanol–water partition coefficient (Wildman–Crippen LogP) is 5.12. The van der Waals surface area contributed by atoms with Gasteiger partial charge in [-0.25, -0.2) is 4.39 Å². The zero-order chi connectivity index (χ0) is 23.4. The van der Waals surface area contributed by atoms with Crippen molar-refractivity contribution in [2.45, 2.75) is 17.0 Å². The predicted molar refractivity (Wildman–Crippen MR) is 136 cm³/mol. The number of hydrogen-bond donors (Lipinski definition) is 1. The number of thiocarbonyl (C=S) groups is 1. The largest absolute Gasteiger partial charge is 0.299 e. The van der Waals surface area contributed by atoms with Crippen molar-refractivity contribution < 1.29 is 14.0 Å². The van der Waals surface area contributed by atoms with E-state index in [1.54, 1.807) is 18.2 Å². The lowest BCUT2D eigenvalue weighted by molar-refractivity contribution is -0.126. The quantitative estimate of drug-likeness (QED) is 0.202. The second-order valence-electron chi connectivity index (χ2n) is 7.02. The Kier molecular flexibility index (Phi) is 7.53. The van der Waals surface area contributed by atoms with Crippen LogP contribution in [0.3, 0.4) is 0 Å². The first-order valence-electron chi connectivity index (χ1n) is 9.70. The fourth-order valence-corrected chi connectivity index (χ4v) is 5.88. The van der Waals surface area contributed by atoms with E-state index in [0.29, 0.717) is 15.6 Å². The van der Waals surface area contributed by atoms with Crippen LogP contribution in [0.4, 0.5) is 9.52 Å². The lowest BCUT2D eigenvalue weighted by Gasteiger charge is -2.13. The number of nitrogens with zero attached hydrogens (tertiary/aromatic N) is 3. The van der Waals surface area contributed by atoms with E-state index < -0.39 is 5.91 Å². The van der Waals surface area contributed by atoms with E-state index in [1.807, 2.05) is 19.1 Å². The van der Waals surface area contributed by atoms with Gasteiger partial charge in [0, 0.05) is 5.75 Å².